The molecule has 0 bridgehead atoms. The molecule has 6 nitrogen and oxygen atoms in total. The Kier molecular flexibility index (Phi) is 5.65. The molecular formula is C25H28N2O4. The van der Waals surface area contributed by atoms with Crippen molar-refractivity contribution < 1.29 is 19.2 Å². The van der Waals surface area contributed by atoms with Crippen molar-refractivity contribution in [2.45, 2.75) is 65.7 Å². The fraction of sp³-hybridized carbons (Fsp3) is 0.440. The van der Waals surface area contributed by atoms with E-state index in [1.807, 2.05) is 45.0 Å². The fourth-order valence-corrected chi connectivity index (χ4v) is 4.45. The van der Waals surface area contributed by atoms with E-state index >= 15 is 0 Å². The highest BCUT2D eigenvalue weighted by molar-refractivity contribution is 6.24. The first kappa shape index (κ1) is 21.2. The highest BCUT2D eigenvalue weighted by atomic mass is 16.5. The Balaban J connectivity index is 1.60. The maximum atomic E-state index is 12.7. The number of rotatable bonds is 4. The van der Waals surface area contributed by atoms with Gasteiger partial charge in [0.25, 0.3) is 0 Å². The van der Waals surface area contributed by atoms with E-state index in [4.69, 9.17) is 9.52 Å². The molecule has 1 saturated carbocycles. The van der Waals surface area contributed by atoms with Crippen molar-refractivity contribution in [1.29, 1.82) is 0 Å². The Hall–Kier alpha value is -3.02. The van der Waals surface area contributed by atoms with E-state index in [0.29, 0.717) is 60.4 Å². The number of ketones is 2. The Morgan fingerprint density at radius 2 is 1.94 bits per heavy atom. The third-order valence-corrected chi connectivity index (χ3v) is 6.03. The average Bonchev–Trinajstić information content (AvgIpc) is 3.10. The SMILES string of the molecule is Cc1ccccc1N=C1CCCC(=O)/C1=C(/O)CCc1noc2c1C(=O)CC(C)(C)C2. The Labute approximate surface area is 182 Å². The smallest absolute Gasteiger partial charge is 0.168 e. The Bertz CT molecular complexity index is 1100. The number of benzene rings is 1. The summed E-state index contributed by atoms with van der Waals surface area (Å²) in [5.74, 6) is 0.581. The fourth-order valence-electron chi connectivity index (χ4n) is 4.45. The number of carbonyl (C=O) groups is 2. The van der Waals surface area contributed by atoms with E-state index in [-0.39, 0.29) is 29.2 Å². The summed E-state index contributed by atoms with van der Waals surface area (Å²) in [6, 6.07) is 7.73. The number of Topliss-reactive ketones (excluding diaryl/α,β-unsaturated/α-hetero) is 2. The second kappa shape index (κ2) is 8.25. The van der Waals surface area contributed by atoms with Crippen LogP contribution in [0.3, 0.4) is 0 Å². The summed E-state index contributed by atoms with van der Waals surface area (Å²) < 4.78 is 5.45. The average molecular weight is 421 g/mol. The maximum absolute atomic E-state index is 12.7. The number of nitrogens with zero attached hydrogens (tertiary/aromatic N) is 2. The standard InChI is InChI=1S/C25H28N2O4/c1-15-7-4-5-8-16(15)26-17-9-6-10-19(28)23(17)20(29)12-11-18-24-21(30)13-25(2,3)14-22(24)31-27-18/h4-5,7-8,29H,6,9-14H2,1-3H3/b23-20+,26-17?. The zero-order chi connectivity index (χ0) is 22.2. The van der Waals surface area contributed by atoms with E-state index in [2.05, 4.69) is 5.16 Å². The van der Waals surface area contributed by atoms with Crippen LogP contribution >= 0.6 is 0 Å². The van der Waals surface area contributed by atoms with Crippen LogP contribution in [0.1, 0.15) is 73.3 Å². The summed E-state index contributed by atoms with van der Waals surface area (Å²) in [4.78, 5) is 30.0. The van der Waals surface area contributed by atoms with Crippen LogP contribution in [0.15, 0.2) is 45.1 Å². The Morgan fingerprint density at radius 1 is 1.16 bits per heavy atom. The van der Waals surface area contributed by atoms with Gasteiger partial charge in [-0.3, -0.25) is 14.6 Å². The number of hydrogen-bond acceptors (Lipinski definition) is 6. The van der Waals surface area contributed by atoms with Gasteiger partial charge in [-0.25, -0.2) is 0 Å². The molecule has 2 aliphatic carbocycles. The van der Waals surface area contributed by atoms with Gasteiger partial charge in [0.05, 0.1) is 28.2 Å². The molecule has 1 heterocycles. The zero-order valence-corrected chi connectivity index (χ0v) is 18.3. The van der Waals surface area contributed by atoms with Gasteiger partial charge in [0.15, 0.2) is 11.6 Å². The molecule has 2 aliphatic rings. The number of para-hydroxylation sites is 1. The van der Waals surface area contributed by atoms with Crippen molar-refractivity contribution >= 4 is 23.0 Å². The van der Waals surface area contributed by atoms with Gasteiger partial charge in [0.1, 0.15) is 11.5 Å². The van der Waals surface area contributed by atoms with Gasteiger partial charge < -0.3 is 9.63 Å². The minimum atomic E-state index is -0.138. The summed E-state index contributed by atoms with van der Waals surface area (Å²) in [6.45, 7) is 6.05. The molecule has 0 radical (unpaired) electrons. The number of aliphatic imine (C=N–C) groups is 1. The summed E-state index contributed by atoms with van der Waals surface area (Å²) >= 11 is 0. The lowest BCUT2D eigenvalue weighted by Gasteiger charge is -2.26. The molecular weight excluding hydrogens is 392 g/mol. The van der Waals surface area contributed by atoms with Gasteiger partial charge in [-0.1, -0.05) is 37.2 Å². The van der Waals surface area contributed by atoms with Crippen molar-refractivity contribution in [2.75, 3.05) is 0 Å². The van der Waals surface area contributed by atoms with E-state index in [1.54, 1.807) is 0 Å². The number of fused-ring (bicyclic) bond motifs is 1. The number of hydrogen-bond donors (Lipinski definition) is 1. The summed E-state index contributed by atoms with van der Waals surface area (Å²) in [7, 11) is 0. The predicted molar refractivity (Wildman–Crippen MR) is 118 cm³/mol. The summed E-state index contributed by atoms with van der Waals surface area (Å²) in [6.07, 6.45) is 3.44. The molecule has 0 amide bonds. The van der Waals surface area contributed by atoms with Crippen molar-refractivity contribution in [3.8, 4) is 0 Å². The highest BCUT2D eigenvalue weighted by Crippen LogP contribution is 2.36. The van der Waals surface area contributed by atoms with Crippen LogP contribution in [-0.2, 0) is 17.6 Å². The Morgan fingerprint density at radius 3 is 2.71 bits per heavy atom. The molecule has 0 aliphatic heterocycles. The lowest BCUT2D eigenvalue weighted by Crippen LogP contribution is -2.26. The number of aliphatic hydroxyl groups excluding tert-OH is 1. The predicted octanol–water partition coefficient (Wildman–Crippen LogP) is 5.41. The quantitative estimate of drug-likeness (QED) is 0.527. The summed E-state index contributed by atoms with van der Waals surface area (Å²) in [5.41, 5.74) is 3.74. The van der Waals surface area contributed by atoms with Gasteiger partial charge in [0.2, 0.25) is 0 Å². The normalized spacial score (nSPS) is 21.3. The van der Waals surface area contributed by atoms with E-state index in [0.717, 1.165) is 17.7 Å². The molecule has 1 N–H and O–H groups in total. The molecule has 162 valence electrons. The number of aliphatic hydroxyl groups is 1. The minimum Gasteiger partial charge on any atom is -0.511 e. The van der Waals surface area contributed by atoms with E-state index in [9.17, 15) is 14.7 Å². The van der Waals surface area contributed by atoms with Crippen molar-refractivity contribution in [3.63, 3.8) is 0 Å². The molecule has 0 saturated heterocycles. The van der Waals surface area contributed by atoms with Crippen LogP contribution in [0.4, 0.5) is 5.69 Å². The largest absolute Gasteiger partial charge is 0.511 e. The van der Waals surface area contributed by atoms with E-state index < -0.39 is 0 Å². The van der Waals surface area contributed by atoms with Crippen LogP contribution in [0, 0.1) is 12.3 Å². The summed E-state index contributed by atoms with van der Waals surface area (Å²) in [5, 5.41) is 15.0. The number of carbonyl (C=O) groups excluding carboxylic acids is 2. The van der Waals surface area contributed by atoms with Crippen molar-refractivity contribution in [2.24, 2.45) is 10.4 Å². The second-order valence-electron chi connectivity index (χ2n) is 9.31. The molecule has 0 unspecified atom stereocenters. The van der Waals surface area contributed by atoms with Gasteiger partial charge in [-0.2, -0.15) is 0 Å². The first-order valence-corrected chi connectivity index (χ1v) is 10.8. The molecule has 4 rings (SSSR count). The monoisotopic (exact) mass is 420 g/mol. The molecule has 2 aromatic rings. The lowest BCUT2D eigenvalue weighted by atomic mass is 9.76. The number of aromatic nitrogens is 1. The van der Waals surface area contributed by atoms with Gasteiger partial charge in [0, 0.05) is 32.1 Å². The molecule has 6 heteroatoms. The molecule has 1 fully saturated rings. The van der Waals surface area contributed by atoms with Gasteiger partial charge in [-0.15, -0.1) is 0 Å². The third kappa shape index (κ3) is 4.38. The van der Waals surface area contributed by atoms with E-state index in [1.165, 1.54) is 0 Å². The van der Waals surface area contributed by atoms with Crippen molar-refractivity contribution in [1.82, 2.24) is 5.16 Å². The molecule has 0 atom stereocenters. The van der Waals surface area contributed by atoms with Crippen LogP contribution in [0.25, 0.3) is 0 Å². The highest BCUT2D eigenvalue weighted by Gasteiger charge is 2.36. The molecule has 0 spiro atoms. The third-order valence-electron chi connectivity index (χ3n) is 6.03. The first-order valence-electron chi connectivity index (χ1n) is 10.8. The second-order valence-corrected chi connectivity index (χ2v) is 9.31. The van der Waals surface area contributed by atoms with Gasteiger partial charge >= 0.3 is 0 Å². The van der Waals surface area contributed by atoms with Gasteiger partial charge in [-0.05, 0) is 36.8 Å². The minimum absolute atomic E-state index is 0.0115. The van der Waals surface area contributed by atoms with Crippen LogP contribution in [-0.4, -0.2) is 27.5 Å². The molecule has 1 aromatic carbocycles. The zero-order valence-electron chi connectivity index (χ0n) is 18.3. The maximum Gasteiger partial charge on any atom is 0.168 e. The first-order chi connectivity index (χ1) is 14.7. The molecule has 31 heavy (non-hydrogen) atoms. The molecule has 1 aromatic heterocycles. The lowest BCUT2D eigenvalue weighted by molar-refractivity contribution is -0.115. The van der Waals surface area contributed by atoms with Crippen LogP contribution in [0.2, 0.25) is 0 Å². The van der Waals surface area contributed by atoms with Crippen LogP contribution < -0.4 is 0 Å². The van der Waals surface area contributed by atoms with Crippen LogP contribution in [0.5, 0.6) is 0 Å². The topological polar surface area (TPSA) is 92.8 Å². The number of aryl methyl sites for hydroxylation is 2. The van der Waals surface area contributed by atoms with Crippen molar-refractivity contribution in [3.05, 3.63) is 58.2 Å². The number of allylic oxidation sites excluding steroid dienone is 2.